The highest BCUT2D eigenvalue weighted by atomic mass is 79.9. The van der Waals surface area contributed by atoms with Crippen LogP contribution in [-0.2, 0) is 0 Å². The van der Waals surface area contributed by atoms with Gasteiger partial charge in [0.15, 0.2) is 17.3 Å². The van der Waals surface area contributed by atoms with E-state index in [2.05, 4.69) is 15.9 Å². The second-order valence-electron chi connectivity index (χ2n) is 7.63. The van der Waals surface area contributed by atoms with Crippen molar-refractivity contribution in [1.29, 1.82) is 0 Å². The van der Waals surface area contributed by atoms with Gasteiger partial charge in [-0.3, -0.25) is 4.79 Å². The summed E-state index contributed by atoms with van der Waals surface area (Å²) in [5.74, 6) is 1.01. The van der Waals surface area contributed by atoms with Crippen LogP contribution in [0.1, 0.15) is 39.0 Å². The van der Waals surface area contributed by atoms with Crippen molar-refractivity contribution in [3.8, 4) is 17.2 Å². The van der Waals surface area contributed by atoms with Gasteiger partial charge in [0.05, 0.1) is 13.7 Å². The molecule has 35 heavy (non-hydrogen) atoms. The Labute approximate surface area is 211 Å². The third-order valence-electron chi connectivity index (χ3n) is 5.30. The molecule has 178 valence electrons. The Morgan fingerprint density at radius 2 is 1.77 bits per heavy atom. The topological polar surface area (TPSA) is 75.0 Å². The van der Waals surface area contributed by atoms with Gasteiger partial charge in [0.2, 0.25) is 0 Å². The highest BCUT2D eigenvalue weighted by Gasteiger charge is 2.22. The summed E-state index contributed by atoms with van der Waals surface area (Å²) in [7, 11) is 1.49. The predicted molar refractivity (Wildman–Crippen MR) is 138 cm³/mol. The third kappa shape index (κ3) is 5.46. The summed E-state index contributed by atoms with van der Waals surface area (Å²) in [4.78, 5) is 25.5. The molecule has 7 heteroatoms. The summed E-state index contributed by atoms with van der Waals surface area (Å²) in [5.41, 5.74) is 2.20. The maximum atomic E-state index is 13.1. The van der Waals surface area contributed by atoms with Gasteiger partial charge < -0.3 is 18.6 Å². The van der Waals surface area contributed by atoms with Gasteiger partial charge in [0.1, 0.15) is 22.7 Å². The summed E-state index contributed by atoms with van der Waals surface area (Å²) < 4.78 is 23.3. The minimum Gasteiger partial charge on any atom is -0.494 e. The van der Waals surface area contributed by atoms with E-state index in [1.807, 2.05) is 19.1 Å². The van der Waals surface area contributed by atoms with Crippen molar-refractivity contribution in [2.45, 2.75) is 13.8 Å². The van der Waals surface area contributed by atoms with Crippen molar-refractivity contribution in [3.63, 3.8) is 0 Å². The van der Waals surface area contributed by atoms with Gasteiger partial charge in [-0.2, -0.15) is 0 Å². The van der Waals surface area contributed by atoms with Crippen molar-refractivity contribution >= 4 is 44.7 Å². The quantitative estimate of drug-likeness (QED) is 0.104. The number of hydrogen-bond acceptors (Lipinski definition) is 6. The zero-order valence-electron chi connectivity index (χ0n) is 19.5. The van der Waals surface area contributed by atoms with Crippen LogP contribution in [0.2, 0.25) is 0 Å². The Kier molecular flexibility index (Phi) is 7.36. The Hall–Kier alpha value is -3.84. The van der Waals surface area contributed by atoms with Crippen LogP contribution in [-0.4, -0.2) is 25.5 Å². The number of carbonyl (C=O) groups excluding carboxylic acids is 2. The van der Waals surface area contributed by atoms with E-state index < -0.39 is 5.97 Å². The molecule has 0 aliphatic rings. The molecule has 4 aromatic rings. The molecular formula is C28H23BrO6. The Morgan fingerprint density at radius 3 is 2.49 bits per heavy atom. The lowest BCUT2D eigenvalue weighted by Crippen LogP contribution is -2.10. The molecule has 0 aliphatic carbocycles. The number of aryl methyl sites for hydroxylation is 1. The number of carbonyl (C=O) groups is 2. The smallest absolute Gasteiger partial charge is 0.347 e. The van der Waals surface area contributed by atoms with E-state index in [9.17, 15) is 9.59 Å². The first-order valence-electron chi connectivity index (χ1n) is 10.9. The summed E-state index contributed by atoms with van der Waals surface area (Å²) in [6, 6.07) is 17.5. The fraction of sp³-hybridized carbons (Fsp3) is 0.143. The second kappa shape index (κ2) is 10.6. The molecule has 0 spiro atoms. The number of ketones is 1. The minimum absolute atomic E-state index is 0.124. The van der Waals surface area contributed by atoms with Crippen molar-refractivity contribution in [2.75, 3.05) is 13.7 Å². The van der Waals surface area contributed by atoms with Crippen LogP contribution in [0, 0.1) is 6.92 Å². The fourth-order valence-electron chi connectivity index (χ4n) is 3.61. The monoisotopic (exact) mass is 534 g/mol. The van der Waals surface area contributed by atoms with E-state index in [0.717, 1.165) is 10.0 Å². The number of furan rings is 1. The van der Waals surface area contributed by atoms with E-state index in [0.29, 0.717) is 46.0 Å². The molecule has 0 bridgehead atoms. The molecule has 4 rings (SSSR count). The molecule has 0 fully saturated rings. The van der Waals surface area contributed by atoms with Gasteiger partial charge >= 0.3 is 5.97 Å². The average Bonchev–Trinajstić information content (AvgIpc) is 3.18. The highest BCUT2D eigenvalue weighted by Crippen LogP contribution is 2.33. The number of methoxy groups -OCH3 is 1. The first-order valence-corrected chi connectivity index (χ1v) is 11.7. The minimum atomic E-state index is -0.568. The van der Waals surface area contributed by atoms with Crippen LogP contribution in [0.4, 0.5) is 0 Å². The molecule has 0 radical (unpaired) electrons. The summed E-state index contributed by atoms with van der Waals surface area (Å²) in [6.45, 7) is 4.11. The van der Waals surface area contributed by atoms with E-state index in [1.54, 1.807) is 61.5 Å². The van der Waals surface area contributed by atoms with Crippen molar-refractivity contribution in [3.05, 3.63) is 93.7 Å². The van der Waals surface area contributed by atoms with Crippen molar-refractivity contribution in [1.82, 2.24) is 0 Å². The molecule has 1 heterocycles. The Bertz CT molecular complexity index is 1420. The van der Waals surface area contributed by atoms with E-state index in [-0.39, 0.29) is 11.5 Å². The Morgan fingerprint density at radius 1 is 1.00 bits per heavy atom. The zero-order valence-corrected chi connectivity index (χ0v) is 21.0. The first kappa shape index (κ1) is 24.3. The number of fused-ring (bicyclic) bond motifs is 1. The van der Waals surface area contributed by atoms with Crippen LogP contribution in [0.3, 0.4) is 0 Å². The number of benzene rings is 3. The number of hydrogen-bond donors (Lipinski definition) is 0. The third-order valence-corrected chi connectivity index (χ3v) is 5.83. The molecule has 6 nitrogen and oxygen atoms in total. The van der Waals surface area contributed by atoms with Crippen LogP contribution >= 0.6 is 15.9 Å². The van der Waals surface area contributed by atoms with Crippen LogP contribution in [0.15, 0.2) is 75.6 Å². The molecular weight excluding hydrogens is 512 g/mol. The van der Waals surface area contributed by atoms with Crippen LogP contribution < -0.4 is 14.2 Å². The normalized spacial score (nSPS) is 11.1. The Balaban J connectivity index is 1.55. The zero-order chi connectivity index (χ0) is 24.9. The largest absolute Gasteiger partial charge is 0.494 e. The lowest BCUT2D eigenvalue weighted by atomic mass is 10.1. The van der Waals surface area contributed by atoms with Crippen LogP contribution in [0.25, 0.3) is 17.0 Å². The number of rotatable bonds is 8. The second-order valence-corrected chi connectivity index (χ2v) is 8.54. The van der Waals surface area contributed by atoms with E-state index in [1.165, 1.54) is 13.2 Å². The number of allylic oxidation sites excluding steroid dienone is 1. The first-order chi connectivity index (χ1) is 16.9. The molecule has 0 aliphatic heterocycles. The molecule has 1 aromatic heterocycles. The number of halogens is 1. The SMILES string of the molecule is CCOc1ccc2oc(C)c(C(=O)Oc3ccc(C=CC(=O)c4ccc(Br)cc4)cc3OC)c2c1. The van der Waals surface area contributed by atoms with Crippen LogP contribution in [0.5, 0.6) is 17.2 Å². The van der Waals surface area contributed by atoms with Gasteiger partial charge in [-0.05, 0) is 80.1 Å². The maximum absolute atomic E-state index is 13.1. The number of esters is 1. The molecule has 0 atom stereocenters. The lowest BCUT2D eigenvalue weighted by molar-refractivity contribution is 0.0729. The molecule has 0 saturated heterocycles. The maximum Gasteiger partial charge on any atom is 0.347 e. The van der Waals surface area contributed by atoms with Gasteiger partial charge in [-0.15, -0.1) is 0 Å². The van der Waals surface area contributed by atoms with Crippen molar-refractivity contribution < 1.29 is 28.2 Å². The molecule has 0 unspecified atom stereocenters. The highest BCUT2D eigenvalue weighted by molar-refractivity contribution is 9.10. The average molecular weight is 535 g/mol. The molecule has 3 aromatic carbocycles. The lowest BCUT2D eigenvalue weighted by Gasteiger charge is -2.10. The predicted octanol–water partition coefficient (Wildman–Crippen LogP) is 7.03. The molecule has 0 saturated carbocycles. The standard InChI is InChI=1S/C28H23BrO6/c1-4-33-21-11-14-24-22(16-21)27(17(2)34-24)28(31)35-25-13-6-18(15-26(25)32-3)5-12-23(30)19-7-9-20(29)10-8-19/h5-16H,4H2,1-3H3. The van der Waals surface area contributed by atoms with Gasteiger partial charge in [0, 0.05) is 15.4 Å². The molecule has 0 amide bonds. The van der Waals surface area contributed by atoms with Gasteiger partial charge in [-0.1, -0.05) is 28.1 Å². The fourth-order valence-corrected chi connectivity index (χ4v) is 3.88. The van der Waals surface area contributed by atoms with E-state index in [4.69, 9.17) is 18.6 Å². The molecule has 0 N–H and O–H groups in total. The summed E-state index contributed by atoms with van der Waals surface area (Å²) in [6.07, 6.45) is 3.17. The van der Waals surface area contributed by atoms with Crippen molar-refractivity contribution in [2.24, 2.45) is 0 Å². The number of ether oxygens (including phenoxy) is 3. The van der Waals surface area contributed by atoms with E-state index >= 15 is 0 Å². The van der Waals surface area contributed by atoms with Gasteiger partial charge in [0.25, 0.3) is 0 Å². The summed E-state index contributed by atoms with van der Waals surface area (Å²) >= 11 is 3.36. The van der Waals surface area contributed by atoms with Gasteiger partial charge in [-0.25, -0.2) is 4.79 Å². The summed E-state index contributed by atoms with van der Waals surface area (Å²) in [5, 5.41) is 0.614.